The largest absolute Gasteiger partial charge is 0.367 e. The number of hydrogen-bond donors (Lipinski definition) is 4. The summed E-state index contributed by atoms with van der Waals surface area (Å²) < 4.78 is 0. The Balaban J connectivity index is 3.22. The summed E-state index contributed by atoms with van der Waals surface area (Å²) in [5, 5.41) is 10.6. The Bertz CT molecular complexity index is 58.6. The molecule has 0 saturated heterocycles. The summed E-state index contributed by atoms with van der Waals surface area (Å²) >= 11 is 0. The van der Waals surface area contributed by atoms with Crippen molar-refractivity contribution in [2.45, 2.75) is 0 Å². The maximum absolute atomic E-state index is 7.75. The Morgan fingerprint density at radius 3 is 2.33 bits per heavy atom. The molecular weight excluding hydrogens is 84.0 g/mol. The van der Waals surface area contributed by atoms with Crippen LogP contribution < -0.4 is 17.1 Å². The van der Waals surface area contributed by atoms with Crippen molar-refractivity contribution in [2.24, 2.45) is 16.7 Å². The van der Waals surface area contributed by atoms with Gasteiger partial charge in [-0.2, -0.15) is 0 Å². The van der Waals surface area contributed by atoms with Crippen molar-refractivity contribution in [3.05, 3.63) is 0 Å². The predicted octanol–water partition coefficient (Wildman–Crippen LogP) is -1.85. The van der Waals surface area contributed by atoms with E-state index in [-0.39, 0.29) is 5.96 Å². The van der Waals surface area contributed by atoms with Gasteiger partial charge in [0.25, 0.3) is 0 Å². The van der Waals surface area contributed by atoms with Gasteiger partial charge >= 0.3 is 0 Å². The second kappa shape index (κ2) is 2.28. The topological polar surface area (TPSA) is 96.7 Å². The zero-order valence-corrected chi connectivity index (χ0v) is 3.05. The summed E-state index contributed by atoms with van der Waals surface area (Å²) in [5.41, 5.74) is 6.25. The molecule has 6 heavy (non-hydrogen) atoms. The molecular formula is CH6N4O. The Labute approximate surface area is 34.6 Å². The van der Waals surface area contributed by atoms with E-state index in [4.69, 9.17) is 10.9 Å². The average Bonchev–Trinajstić information content (AvgIpc) is 1.65. The van der Waals surface area contributed by atoms with Gasteiger partial charge in [0.15, 0.2) is 0 Å². The van der Waals surface area contributed by atoms with E-state index in [0.717, 1.165) is 0 Å². The van der Waals surface area contributed by atoms with Crippen LogP contribution in [0.2, 0.25) is 0 Å². The van der Waals surface area contributed by atoms with E-state index in [0.29, 0.717) is 0 Å². The molecule has 0 aromatic rings. The number of hydrogen-bond acceptors (Lipinski definition) is 3. The molecule has 0 saturated carbocycles. The Kier molecular flexibility index (Phi) is 1.91. The highest BCUT2D eigenvalue weighted by molar-refractivity contribution is 5.75. The van der Waals surface area contributed by atoms with E-state index in [2.05, 4.69) is 10.9 Å². The molecule has 0 fully saturated rings. The van der Waals surface area contributed by atoms with Crippen molar-refractivity contribution in [1.82, 2.24) is 5.48 Å². The van der Waals surface area contributed by atoms with Crippen molar-refractivity contribution in [3.8, 4) is 0 Å². The summed E-state index contributed by atoms with van der Waals surface area (Å²) in [6, 6.07) is 0. The predicted molar refractivity (Wildman–Crippen MR) is 20.7 cm³/mol. The van der Waals surface area contributed by atoms with Gasteiger partial charge in [-0.05, 0) is 0 Å². The number of nitrogens with one attached hydrogen (secondary N) is 1. The normalized spacial score (nSPS) is 11.2. The molecule has 6 N–H and O–H groups in total. The summed E-state index contributed by atoms with van der Waals surface area (Å²) in [7, 11) is 0. The Morgan fingerprint density at radius 1 is 1.83 bits per heavy atom. The molecule has 0 unspecified atom stereocenters. The third-order valence-electron chi connectivity index (χ3n) is 0.254. The van der Waals surface area contributed by atoms with E-state index in [1.165, 1.54) is 5.48 Å². The van der Waals surface area contributed by atoms with Crippen LogP contribution in [0.1, 0.15) is 0 Å². The van der Waals surface area contributed by atoms with Gasteiger partial charge in [0.05, 0.1) is 0 Å². The van der Waals surface area contributed by atoms with Crippen LogP contribution in [0.15, 0.2) is 5.10 Å². The van der Waals surface area contributed by atoms with Crippen molar-refractivity contribution >= 4 is 5.96 Å². The molecule has 0 heterocycles. The van der Waals surface area contributed by atoms with Crippen molar-refractivity contribution in [1.29, 1.82) is 0 Å². The zero-order chi connectivity index (χ0) is 4.99. The molecule has 0 aliphatic rings. The lowest BCUT2D eigenvalue weighted by Gasteiger charge is -1.88. The van der Waals surface area contributed by atoms with E-state index in [1.807, 2.05) is 0 Å². The second-order valence-electron chi connectivity index (χ2n) is 0.626. The van der Waals surface area contributed by atoms with Gasteiger partial charge in [0.2, 0.25) is 5.96 Å². The fraction of sp³-hybridized carbons (Fsp3) is 0. The van der Waals surface area contributed by atoms with Gasteiger partial charge in [-0.1, -0.05) is 0 Å². The SMILES string of the molecule is NN=C(N)NO. The number of nitrogens with two attached hydrogens (primary N) is 2. The van der Waals surface area contributed by atoms with E-state index in [1.54, 1.807) is 0 Å². The highest BCUT2D eigenvalue weighted by Crippen LogP contribution is 1.41. The minimum Gasteiger partial charge on any atom is -0.367 e. The lowest BCUT2D eigenvalue weighted by Crippen LogP contribution is -2.29. The molecule has 0 radical (unpaired) electrons. The summed E-state index contributed by atoms with van der Waals surface area (Å²) in [5.74, 6) is 4.32. The fourth-order valence-electron chi connectivity index (χ4n) is 0.0289. The first kappa shape index (κ1) is 5.03. The van der Waals surface area contributed by atoms with Gasteiger partial charge < -0.3 is 11.6 Å². The fourth-order valence-corrected chi connectivity index (χ4v) is 0.0289. The number of rotatable bonds is 0. The molecule has 0 atom stereocenters. The molecule has 0 aromatic carbocycles. The lowest BCUT2D eigenvalue weighted by atomic mass is 11.1. The molecule has 0 bridgehead atoms. The van der Waals surface area contributed by atoms with E-state index < -0.39 is 0 Å². The van der Waals surface area contributed by atoms with E-state index >= 15 is 0 Å². The molecule has 36 valence electrons. The number of guanidine groups is 1. The number of nitrogens with zero attached hydrogens (tertiary/aromatic N) is 1. The van der Waals surface area contributed by atoms with Crippen LogP contribution in [0.25, 0.3) is 0 Å². The monoisotopic (exact) mass is 90.1 g/mol. The second-order valence-corrected chi connectivity index (χ2v) is 0.626. The van der Waals surface area contributed by atoms with Crippen LogP contribution in [0.3, 0.4) is 0 Å². The first-order valence-corrected chi connectivity index (χ1v) is 1.24. The van der Waals surface area contributed by atoms with Gasteiger partial charge in [0, 0.05) is 0 Å². The molecule has 5 heteroatoms. The van der Waals surface area contributed by atoms with Gasteiger partial charge in [-0.3, -0.25) is 5.21 Å². The van der Waals surface area contributed by atoms with E-state index in [9.17, 15) is 0 Å². The molecule has 0 aliphatic carbocycles. The van der Waals surface area contributed by atoms with Crippen LogP contribution in [0, 0.1) is 0 Å². The number of hydroxylamine groups is 1. The quantitative estimate of drug-likeness (QED) is 0.121. The van der Waals surface area contributed by atoms with Crippen LogP contribution in [-0.4, -0.2) is 11.2 Å². The first-order valence-electron chi connectivity index (χ1n) is 1.24. The van der Waals surface area contributed by atoms with Crippen LogP contribution in [0.4, 0.5) is 0 Å². The highest BCUT2D eigenvalue weighted by Gasteiger charge is 1.74. The van der Waals surface area contributed by atoms with Crippen LogP contribution in [-0.2, 0) is 0 Å². The maximum Gasteiger partial charge on any atom is 0.234 e. The van der Waals surface area contributed by atoms with Crippen molar-refractivity contribution in [3.63, 3.8) is 0 Å². The summed E-state index contributed by atoms with van der Waals surface area (Å²) in [6.07, 6.45) is 0. The van der Waals surface area contributed by atoms with Gasteiger partial charge in [-0.15, -0.1) is 5.10 Å². The Hall–Kier alpha value is -0.970. The molecule has 0 aliphatic heterocycles. The molecule has 0 rings (SSSR count). The van der Waals surface area contributed by atoms with Crippen molar-refractivity contribution in [2.75, 3.05) is 0 Å². The summed E-state index contributed by atoms with van der Waals surface area (Å²) in [4.78, 5) is 0. The lowest BCUT2D eigenvalue weighted by molar-refractivity contribution is 0.232. The highest BCUT2D eigenvalue weighted by atomic mass is 16.5. The maximum atomic E-state index is 7.75. The molecule has 0 amide bonds. The third-order valence-corrected chi connectivity index (χ3v) is 0.254. The number of hydrazone groups is 1. The van der Waals surface area contributed by atoms with Crippen LogP contribution >= 0.6 is 0 Å². The van der Waals surface area contributed by atoms with Gasteiger partial charge in [-0.25, -0.2) is 5.48 Å². The smallest absolute Gasteiger partial charge is 0.234 e. The standard InChI is InChI=1S/CH6N4O/c2-1(4-3)5-6/h6H,3H2,(H3,2,4,5). The minimum atomic E-state index is -0.199. The van der Waals surface area contributed by atoms with Crippen molar-refractivity contribution < 1.29 is 5.21 Å². The third kappa shape index (κ3) is 1.36. The van der Waals surface area contributed by atoms with Crippen LogP contribution in [0.5, 0.6) is 0 Å². The Morgan fingerprint density at radius 2 is 2.33 bits per heavy atom. The molecule has 0 spiro atoms. The average molecular weight is 90.1 g/mol. The molecule has 0 aromatic heterocycles. The minimum absolute atomic E-state index is 0.199. The zero-order valence-electron chi connectivity index (χ0n) is 3.05. The first-order chi connectivity index (χ1) is 2.81. The van der Waals surface area contributed by atoms with Gasteiger partial charge in [0.1, 0.15) is 0 Å². The summed E-state index contributed by atoms with van der Waals surface area (Å²) in [6.45, 7) is 0. The molecule has 5 nitrogen and oxygen atoms in total.